The van der Waals surface area contributed by atoms with Crippen molar-refractivity contribution < 1.29 is 9.53 Å². The molecule has 124 valence electrons. The van der Waals surface area contributed by atoms with E-state index in [1.807, 2.05) is 25.7 Å². The highest BCUT2D eigenvalue weighted by Gasteiger charge is 2.26. The van der Waals surface area contributed by atoms with Gasteiger partial charge in [0.05, 0.1) is 0 Å². The Bertz CT molecular complexity index is 315. The van der Waals surface area contributed by atoms with Crippen LogP contribution >= 0.6 is 0 Å². The van der Waals surface area contributed by atoms with Crippen LogP contribution in [0.3, 0.4) is 0 Å². The zero-order valence-corrected chi connectivity index (χ0v) is 14.7. The fraction of sp³-hybridized carbons (Fsp3) is 0.941. The molecule has 0 aromatic carbocycles. The molecule has 1 unspecified atom stereocenters. The van der Waals surface area contributed by atoms with Crippen molar-refractivity contribution in [3.63, 3.8) is 0 Å². The van der Waals surface area contributed by atoms with Gasteiger partial charge in [0, 0.05) is 19.1 Å². The Labute approximate surface area is 130 Å². The third kappa shape index (κ3) is 7.70. The van der Waals surface area contributed by atoms with Crippen LogP contribution < -0.4 is 5.32 Å². The minimum absolute atomic E-state index is 0.165. The molecule has 1 aliphatic rings. The maximum Gasteiger partial charge on any atom is 0.410 e. The van der Waals surface area contributed by atoms with Crippen LogP contribution in [0.15, 0.2) is 0 Å². The van der Waals surface area contributed by atoms with Gasteiger partial charge in [0.25, 0.3) is 0 Å². The molecule has 0 aromatic heterocycles. The van der Waals surface area contributed by atoms with Gasteiger partial charge in [-0.25, -0.2) is 4.79 Å². The SMILES string of the molecule is CC(C)CC(C)NCC1CCN(C(=O)OC(C)(C)C)CC1. The van der Waals surface area contributed by atoms with Gasteiger partial charge in [0.2, 0.25) is 0 Å². The molecule has 1 atom stereocenters. The van der Waals surface area contributed by atoms with Crippen LogP contribution in [-0.4, -0.2) is 42.3 Å². The predicted octanol–water partition coefficient (Wildman–Crippen LogP) is 3.66. The number of carbonyl (C=O) groups is 1. The number of hydrogen-bond acceptors (Lipinski definition) is 3. The molecule has 21 heavy (non-hydrogen) atoms. The minimum Gasteiger partial charge on any atom is -0.444 e. The van der Waals surface area contributed by atoms with E-state index in [4.69, 9.17) is 4.74 Å². The highest BCUT2D eigenvalue weighted by Crippen LogP contribution is 2.19. The van der Waals surface area contributed by atoms with E-state index in [2.05, 4.69) is 26.1 Å². The number of amides is 1. The first-order valence-electron chi connectivity index (χ1n) is 8.38. The van der Waals surface area contributed by atoms with E-state index in [1.165, 1.54) is 6.42 Å². The molecule has 4 nitrogen and oxygen atoms in total. The van der Waals surface area contributed by atoms with Gasteiger partial charge < -0.3 is 15.0 Å². The molecule has 1 heterocycles. The van der Waals surface area contributed by atoms with E-state index in [9.17, 15) is 4.79 Å². The highest BCUT2D eigenvalue weighted by molar-refractivity contribution is 5.68. The lowest BCUT2D eigenvalue weighted by Crippen LogP contribution is -2.44. The van der Waals surface area contributed by atoms with E-state index in [1.54, 1.807) is 0 Å². The summed E-state index contributed by atoms with van der Waals surface area (Å²) in [4.78, 5) is 13.8. The topological polar surface area (TPSA) is 41.6 Å². The van der Waals surface area contributed by atoms with Crippen LogP contribution in [0, 0.1) is 11.8 Å². The first-order chi connectivity index (χ1) is 9.67. The Morgan fingerprint density at radius 2 is 1.81 bits per heavy atom. The van der Waals surface area contributed by atoms with Crippen molar-refractivity contribution in [2.75, 3.05) is 19.6 Å². The summed E-state index contributed by atoms with van der Waals surface area (Å²) in [6.45, 7) is 15.2. The van der Waals surface area contributed by atoms with Gasteiger partial charge in [-0.05, 0) is 65.3 Å². The Hall–Kier alpha value is -0.770. The normalized spacial score (nSPS) is 18.9. The van der Waals surface area contributed by atoms with Gasteiger partial charge in [-0.3, -0.25) is 0 Å². The lowest BCUT2D eigenvalue weighted by molar-refractivity contribution is 0.0183. The third-order valence-corrected chi connectivity index (χ3v) is 3.85. The third-order valence-electron chi connectivity index (χ3n) is 3.85. The number of nitrogens with zero attached hydrogens (tertiary/aromatic N) is 1. The van der Waals surface area contributed by atoms with Crippen molar-refractivity contribution in [1.29, 1.82) is 0 Å². The lowest BCUT2D eigenvalue weighted by Gasteiger charge is -2.34. The molecule has 1 rings (SSSR count). The molecule has 1 fully saturated rings. The van der Waals surface area contributed by atoms with Crippen LogP contribution in [-0.2, 0) is 4.74 Å². The summed E-state index contributed by atoms with van der Waals surface area (Å²) in [5.74, 6) is 1.42. The molecule has 1 N–H and O–H groups in total. The second-order valence-electron chi connectivity index (χ2n) is 7.85. The van der Waals surface area contributed by atoms with Crippen LogP contribution in [0.5, 0.6) is 0 Å². The van der Waals surface area contributed by atoms with Gasteiger partial charge in [0.15, 0.2) is 0 Å². The number of hydrogen-bond donors (Lipinski definition) is 1. The van der Waals surface area contributed by atoms with Crippen molar-refractivity contribution in [1.82, 2.24) is 10.2 Å². The zero-order chi connectivity index (χ0) is 16.0. The van der Waals surface area contributed by atoms with Gasteiger partial charge in [-0.15, -0.1) is 0 Å². The number of likely N-dealkylation sites (tertiary alicyclic amines) is 1. The number of rotatable bonds is 5. The molecule has 1 saturated heterocycles. The van der Waals surface area contributed by atoms with Gasteiger partial charge >= 0.3 is 6.09 Å². The molecule has 4 heteroatoms. The minimum atomic E-state index is -0.401. The summed E-state index contributed by atoms with van der Waals surface area (Å²) in [5, 5.41) is 3.63. The second kappa shape index (κ2) is 8.02. The van der Waals surface area contributed by atoms with Crippen LogP contribution in [0.1, 0.15) is 60.8 Å². The highest BCUT2D eigenvalue weighted by atomic mass is 16.6. The Balaban J connectivity index is 2.24. The fourth-order valence-corrected chi connectivity index (χ4v) is 2.80. The molecule has 0 spiro atoms. The number of nitrogens with one attached hydrogen (secondary N) is 1. The van der Waals surface area contributed by atoms with Crippen LogP contribution in [0.4, 0.5) is 4.79 Å². The maximum atomic E-state index is 12.0. The average Bonchev–Trinajstić information content (AvgIpc) is 2.34. The van der Waals surface area contributed by atoms with Crippen molar-refractivity contribution in [2.45, 2.75) is 72.4 Å². The van der Waals surface area contributed by atoms with Crippen LogP contribution in [0.25, 0.3) is 0 Å². The van der Waals surface area contributed by atoms with E-state index in [-0.39, 0.29) is 6.09 Å². The Morgan fingerprint density at radius 1 is 1.24 bits per heavy atom. The first-order valence-corrected chi connectivity index (χ1v) is 8.38. The number of carbonyl (C=O) groups excluding carboxylic acids is 1. The van der Waals surface area contributed by atoms with Crippen molar-refractivity contribution in [3.8, 4) is 0 Å². The lowest BCUT2D eigenvalue weighted by atomic mass is 9.96. The predicted molar refractivity (Wildman–Crippen MR) is 87.5 cm³/mol. The van der Waals surface area contributed by atoms with Crippen molar-refractivity contribution in [2.24, 2.45) is 11.8 Å². The Kier molecular flexibility index (Phi) is 6.98. The first kappa shape index (κ1) is 18.3. The van der Waals surface area contributed by atoms with Gasteiger partial charge in [-0.2, -0.15) is 0 Å². The molecule has 0 aliphatic carbocycles. The number of piperidine rings is 1. The molecule has 1 aliphatic heterocycles. The fourth-order valence-electron chi connectivity index (χ4n) is 2.80. The van der Waals surface area contributed by atoms with Crippen molar-refractivity contribution >= 4 is 6.09 Å². The maximum absolute atomic E-state index is 12.0. The molecular weight excluding hydrogens is 264 g/mol. The summed E-state index contributed by atoms with van der Waals surface area (Å²) < 4.78 is 5.43. The Morgan fingerprint density at radius 3 is 2.29 bits per heavy atom. The standard InChI is InChI=1S/C17H34N2O2/c1-13(2)11-14(3)18-12-15-7-9-19(10-8-15)16(20)21-17(4,5)6/h13-15,18H,7-12H2,1-6H3. The summed E-state index contributed by atoms with van der Waals surface area (Å²) in [5.41, 5.74) is -0.401. The number of ether oxygens (including phenoxy) is 1. The molecule has 0 aromatic rings. The molecule has 1 amide bonds. The second-order valence-corrected chi connectivity index (χ2v) is 7.85. The van der Waals surface area contributed by atoms with E-state index in [0.29, 0.717) is 12.0 Å². The molecule has 0 saturated carbocycles. The quantitative estimate of drug-likeness (QED) is 0.842. The molecule has 0 radical (unpaired) electrons. The summed E-state index contributed by atoms with van der Waals surface area (Å²) in [6.07, 6.45) is 3.19. The summed E-state index contributed by atoms with van der Waals surface area (Å²) in [7, 11) is 0. The smallest absolute Gasteiger partial charge is 0.410 e. The molecule has 0 bridgehead atoms. The monoisotopic (exact) mass is 298 g/mol. The average molecular weight is 298 g/mol. The van der Waals surface area contributed by atoms with E-state index >= 15 is 0 Å². The van der Waals surface area contributed by atoms with Gasteiger partial charge in [0.1, 0.15) is 5.60 Å². The molecular formula is C17H34N2O2. The van der Waals surface area contributed by atoms with Crippen LogP contribution in [0.2, 0.25) is 0 Å². The zero-order valence-electron chi connectivity index (χ0n) is 14.7. The largest absolute Gasteiger partial charge is 0.444 e. The van der Waals surface area contributed by atoms with E-state index in [0.717, 1.165) is 38.4 Å². The van der Waals surface area contributed by atoms with E-state index < -0.39 is 5.60 Å². The summed E-state index contributed by atoms with van der Waals surface area (Å²) in [6, 6.07) is 0.578. The van der Waals surface area contributed by atoms with Gasteiger partial charge in [-0.1, -0.05) is 13.8 Å². The van der Waals surface area contributed by atoms with Crippen molar-refractivity contribution in [3.05, 3.63) is 0 Å². The summed E-state index contributed by atoms with van der Waals surface area (Å²) >= 11 is 0.